The van der Waals surface area contributed by atoms with Crippen LogP contribution < -0.4 is 5.73 Å². The van der Waals surface area contributed by atoms with Gasteiger partial charge in [0, 0.05) is 23.7 Å². The summed E-state index contributed by atoms with van der Waals surface area (Å²) < 4.78 is 6.44. The van der Waals surface area contributed by atoms with E-state index >= 15 is 0 Å². The number of nitrogens with two attached hydrogens (primary N) is 1. The highest BCUT2D eigenvalue weighted by atomic mass is 35.5. The first-order valence-electron chi connectivity index (χ1n) is 11.2. The average Bonchev–Trinajstić information content (AvgIpc) is 3.01. The molecule has 0 radical (unpaired) electrons. The standard InChI is InChI=1S/C27H31ClN2O/c28-24-9-5-11-26(13-12-24)31-27(22-6-2-1-3-7-22)16-19-30-17-14-21(15-18-30)23-8-4-10-25(29)20-23/h1-4,6-13,20-21,27H,5,14-19,29H2. The third-order valence-electron chi connectivity index (χ3n) is 6.17. The first-order chi connectivity index (χ1) is 15.2. The fourth-order valence-electron chi connectivity index (χ4n) is 4.40. The highest BCUT2D eigenvalue weighted by Crippen LogP contribution is 2.31. The van der Waals surface area contributed by atoms with Crippen LogP contribution in [0.5, 0.6) is 0 Å². The van der Waals surface area contributed by atoms with Crippen LogP contribution in [0, 0.1) is 0 Å². The second kappa shape index (κ2) is 10.7. The number of hydrogen-bond acceptors (Lipinski definition) is 3. The molecule has 0 bridgehead atoms. The van der Waals surface area contributed by atoms with Gasteiger partial charge in [-0.1, -0.05) is 60.1 Å². The maximum absolute atomic E-state index is 6.44. The zero-order valence-electron chi connectivity index (χ0n) is 17.9. The van der Waals surface area contributed by atoms with Gasteiger partial charge in [0.25, 0.3) is 0 Å². The zero-order valence-corrected chi connectivity index (χ0v) is 18.7. The molecule has 2 aromatic rings. The molecule has 1 heterocycles. The lowest BCUT2D eigenvalue weighted by Gasteiger charge is -2.33. The highest BCUT2D eigenvalue weighted by Gasteiger charge is 2.22. The van der Waals surface area contributed by atoms with Gasteiger partial charge in [-0.15, -0.1) is 0 Å². The van der Waals surface area contributed by atoms with E-state index < -0.39 is 0 Å². The number of hydrogen-bond donors (Lipinski definition) is 1. The van der Waals surface area contributed by atoms with Crippen molar-refractivity contribution < 1.29 is 4.74 Å². The molecule has 1 atom stereocenters. The fourth-order valence-corrected chi connectivity index (χ4v) is 4.55. The molecule has 0 amide bonds. The first kappa shape index (κ1) is 21.7. The Morgan fingerprint density at radius 3 is 2.58 bits per heavy atom. The molecule has 0 spiro atoms. The number of halogens is 1. The predicted octanol–water partition coefficient (Wildman–Crippen LogP) is 6.56. The molecule has 0 aromatic heterocycles. The molecule has 31 heavy (non-hydrogen) atoms. The van der Waals surface area contributed by atoms with Gasteiger partial charge < -0.3 is 15.4 Å². The Balaban J connectivity index is 1.35. The number of nitrogen functional groups attached to an aromatic ring is 1. The normalized spacial score (nSPS) is 18.7. The Kier molecular flexibility index (Phi) is 7.50. The molecule has 2 N–H and O–H groups in total. The largest absolute Gasteiger partial charge is 0.486 e. The summed E-state index contributed by atoms with van der Waals surface area (Å²) in [5.41, 5.74) is 9.44. The van der Waals surface area contributed by atoms with E-state index in [1.54, 1.807) is 0 Å². The van der Waals surface area contributed by atoms with Crippen LogP contribution in [-0.4, -0.2) is 24.5 Å². The third kappa shape index (κ3) is 6.25. The van der Waals surface area contributed by atoms with Gasteiger partial charge >= 0.3 is 0 Å². The molecular weight excluding hydrogens is 404 g/mol. The van der Waals surface area contributed by atoms with Crippen molar-refractivity contribution in [1.82, 2.24) is 4.90 Å². The van der Waals surface area contributed by atoms with Crippen molar-refractivity contribution >= 4 is 17.3 Å². The molecule has 1 aliphatic heterocycles. The van der Waals surface area contributed by atoms with Crippen molar-refractivity contribution in [3.05, 3.63) is 101 Å². The molecule has 2 aliphatic rings. The minimum atomic E-state index is 0.0284. The maximum Gasteiger partial charge on any atom is 0.125 e. The van der Waals surface area contributed by atoms with E-state index in [4.69, 9.17) is 22.1 Å². The number of anilines is 1. The van der Waals surface area contributed by atoms with Gasteiger partial charge in [-0.05, 0) is 79.8 Å². The van der Waals surface area contributed by atoms with Gasteiger partial charge in [-0.3, -0.25) is 0 Å². The van der Waals surface area contributed by atoms with E-state index in [0.717, 1.165) is 49.0 Å². The quantitative estimate of drug-likeness (QED) is 0.501. The van der Waals surface area contributed by atoms with Gasteiger partial charge in [-0.2, -0.15) is 0 Å². The molecule has 4 rings (SSSR count). The van der Waals surface area contributed by atoms with E-state index in [9.17, 15) is 0 Å². The SMILES string of the molecule is Nc1cccc(C2CCN(CCC(OC3=CCC=C(Cl)C=C3)c3ccccc3)CC2)c1. The summed E-state index contributed by atoms with van der Waals surface area (Å²) in [5, 5.41) is 0.758. The number of benzene rings is 2. The van der Waals surface area contributed by atoms with Crippen LogP contribution in [0.3, 0.4) is 0 Å². The van der Waals surface area contributed by atoms with E-state index in [-0.39, 0.29) is 6.10 Å². The summed E-state index contributed by atoms with van der Waals surface area (Å²) in [6, 6.07) is 18.9. The lowest BCUT2D eigenvalue weighted by molar-refractivity contribution is 0.0963. The van der Waals surface area contributed by atoms with E-state index in [0.29, 0.717) is 5.92 Å². The summed E-state index contributed by atoms with van der Waals surface area (Å²) in [6.45, 7) is 3.26. The Hall–Kier alpha value is -2.49. The van der Waals surface area contributed by atoms with Crippen LogP contribution in [0.25, 0.3) is 0 Å². The van der Waals surface area contributed by atoms with Gasteiger partial charge in [0.05, 0.1) is 0 Å². The average molecular weight is 435 g/mol. The first-order valence-corrected chi connectivity index (χ1v) is 11.6. The third-order valence-corrected chi connectivity index (χ3v) is 6.45. The molecule has 2 aromatic carbocycles. The molecule has 1 unspecified atom stereocenters. The smallest absolute Gasteiger partial charge is 0.125 e. The van der Waals surface area contributed by atoms with Crippen LogP contribution >= 0.6 is 11.6 Å². The van der Waals surface area contributed by atoms with Crippen LogP contribution in [0.15, 0.2) is 89.7 Å². The number of nitrogens with zero attached hydrogens (tertiary/aromatic N) is 1. The minimum absolute atomic E-state index is 0.0284. The summed E-state index contributed by atoms with van der Waals surface area (Å²) >= 11 is 6.14. The molecule has 1 aliphatic carbocycles. The Morgan fingerprint density at radius 2 is 1.81 bits per heavy atom. The lowest BCUT2D eigenvalue weighted by Crippen LogP contribution is -2.34. The summed E-state index contributed by atoms with van der Waals surface area (Å²) in [6.07, 6.45) is 12.1. The summed E-state index contributed by atoms with van der Waals surface area (Å²) in [7, 11) is 0. The minimum Gasteiger partial charge on any atom is -0.486 e. The number of piperidine rings is 1. The van der Waals surface area contributed by atoms with Gasteiger partial charge in [0.1, 0.15) is 11.9 Å². The van der Waals surface area contributed by atoms with Crippen molar-refractivity contribution in [1.29, 1.82) is 0 Å². The van der Waals surface area contributed by atoms with Crippen molar-refractivity contribution in [3.8, 4) is 0 Å². The Morgan fingerprint density at radius 1 is 1.00 bits per heavy atom. The molecule has 4 heteroatoms. The molecule has 1 saturated heterocycles. The highest BCUT2D eigenvalue weighted by molar-refractivity contribution is 6.31. The molecule has 1 fully saturated rings. The van der Waals surface area contributed by atoms with Crippen LogP contribution in [0.2, 0.25) is 0 Å². The van der Waals surface area contributed by atoms with Crippen LogP contribution in [-0.2, 0) is 4.74 Å². The summed E-state index contributed by atoms with van der Waals surface area (Å²) in [5.74, 6) is 1.50. The van der Waals surface area contributed by atoms with Gasteiger partial charge in [0.15, 0.2) is 0 Å². The Labute approximate surface area is 190 Å². The molecular formula is C27H31ClN2O. The fraction of sp³-hybridized carbons (Fsp3) is 0.333. The van der Waals surface area contributed by atoms with E-state index in [1.807, 2.05) is 24.3 Å². The molecule has 162 valence electrons. The number of ether oxygens (including phenoxy) is 1. The second-order valence-corrected chi connectivity index (χ2v) is 8.79. The number of likely N-dealkylation sites (tertiary alicyclic amines) is 1. The maximum atomic E-state index is 6.44. The van der Waals surface area contributed by atoms with Crippen molar-refractivity contribution in [2.24, 2.45) is 0 Å². The lowest BCUT2D eigenvalue weighted by atomic mass is 9.89. The van der Waals surface area contributed by atoms with Crippen LogP contribution in [0.1, 0.15) is 48.8 Å². The van der Waals surface area contributed by atoms with Gasteiger partial charge in [-0.25, -0.2) is 0 Å². The topological polar surface area (TPSA) is 38.5 Å². The number of rotatable bonds is 7. The zero-order chi connectivity index (χ0) is 21.5. The van der Waals surface area contributed by atoms with E-state index in [2.05, 4.69) is 59.5 Å². The Bertz CT molecular complexity index is 943. The molecule has 0 saturated carbocycles. The van der Waals surface area contributed by atoms with Crippen molar-refractivity contribution in [3.63, 3.8) is 0 Å². The summed E-state index contributed by atoms with van der Waals surface area (Å²) in [4.78, 5) is 2.57. The predicted molar refractivity (Wildman–Crippen MR) is 130 cm³/mol. The van der Waals surface area contributed by atoms with E-state index in [1.165, 1.54) is 24.0 Å². The monoisotopic (exact) mass is 434 g/mol. The molecule has 3 nitrogen and oxygen atoms in total. The van der Waals surface area contributed by atoms with Crippen molar-refractivity contribution in [2.75, 3.05) is 25.4 Å². The van der Waals surface area contributed by atoms with Crippen LogP contribution in [0.4, 0.5) is 5.69 Å². The second-order valence-electron chi connectivity index (χ2n) is 8.36. The van der Waals surface area contributed by atoms with Gasteiger partial charge in [0.2, 0.25) is 0 Å². The van der Waals surface area contributed by atoms with Crippen molar-refractivity contribution in [2.45, 2.75) is 37.7 Å². The number of allylic oxidation sites excluding steroid dienone is 5.